The maximum absolute atomic E-state index is 12.4. The molecule has 2 N–H and O–H groups in total. The van der Waals surface area contributed by atoms with Crippen LogP contribution >= 0.6 is 35.2 Å². The molecule has 0 aromatic carbocycles. The molecule has 116 valence electrons. The van der Waals surface area contributed by atoms with E-state index in [9.17, 15) is 4.79 Å². The Morgan fingerprint density at radius 3 is 2.62 bits per heavy atom. The zero-order valence-electron chi connectivity index (χ0n) is 12.0. The molecule has 1 unspecified atom stereocenters. The van der Waals surface area contributed by atoms with Gasteiger partial charge in [0.1, 0.15) is 4.88 Å². The Balaban J connectivity index is 1.95. The van der Waals surface area contributed by atoms with Crippen molar-refractivity contribution < 1.29 is 4.79 Å². The number of carbonyl (C=O) groups excluding carboxylic acids is 1. The highest BCUT2D eigenvalue weighted by atomic mass is 35.5. The molecule has 1 saturated heterocycles. The molecule has 1 amide bonds. The molecule has 1 fully saturated rings. The second-order valence-corrected chi connectivity index (χ2v) is 6.93. The van der Waals surface area contributed by atoms with Gasteiger partial charge in [0.25, 0.3) is 5.91 Å². The summed E-state index contributed by atoms with van der Waals surface area (Å²) in [5.41, 5.74) is 5.84. The molecule has 0 radical (unpaired) electrons. The molecule has 1 aromatic heterocycles. The highest BCUT2D eigenvalue weighted by Gasteiger charge is 2.28. The molecule has 0 saturated carbocycles. The molecule has 1 atom stereocenters. The Kier molecular flexibility index (Phi) is 5.98. The van der Waals surface area contributed by atoms with Crippen LogP contribution in [0.15, 0.2) is 11.4 Å². The summed E-state index contributed by atoms with van der Waals surface area (Å²) in [6.45, 7) is 5.11. The van der Waals surface area contributed by atoms with E-state index in [1.165, 1.54) is 11.3 Å². The number of amides is 1. The van der Waals surface area contributed by atoms with Crippen LogP contribution in [-0.2, 0) is 0 Å². The predicted octanol–water partition coefficient (Wildman–Crippen LogP) is 2.61. The van der Waals surface area contributed by atoms with Crippen molar-refractivity contribution in [3.05, 3.63) is 21.3 Å². The van der Waals surface area contributed by atoms with Gasteiger partial charge in [-0.1, -0.05) is 37.2 Å². The van der Waals surface area contributed by atoms with Crippen molar-refractivity contribution in [3.8, 4) is 0 Å². The first-order chi connectivity index (χ1) is 10.0. The summed E-state index contributed by atoms with van der Waals surface area (Å²) in [5, 5.41) is 2.38. The van der Waals surface area contributed by atoms with Crippen LogP contribution < -0.4 is 5.73 Å². The maximum Gasteiger partial charge on any atom is 0.265 e. The second-order valence-electron chi connectivity index (χ2n) is 5.13. The van der Waals surface area contributed by atoms with Crippen LogP contribution in [0.4, 0.5) is 0 Å². The van der Waals surface area contributed by atoms with E-state index in [0.717, 1.165) is 25.9 Å². The minimum Gasteiger partial charge on any atom is -0.392 e. The van der Waals surface area contributed by atoms with Gasteiger partial charge in [-0.15, -0.1) is 11.3 Å². The third kappa shape index (κ3) is 3.94. The summed E-state index contributed by atoms with van der Waals surface area (Å²) in [4.78, 5) is 17.7. The van der Waals surface area contributed by atoms with E-state index >= 15 is 0 Å². The van der Waals surface area contributed by atoms with Crippen LogP contribution in [0.25, 0.3) is 0 Å². The van der Waals surface area contributed by atoms with Gasteiger partial charge < -0.3 is 10.6 Å². The molecule has 1 aliphatic heterocycles. The van der Waals surface area contributed by atoms with Crippen molar-refractivity contribution in [2.45, 2.75) is 25.8 Å². The molecule has 1 aliphatic rings. The van der Waals surface area contributed by atoms with Crippen LogP contribution in [0.2, 0.25) is 5.02 Å². The van der Waals surface area contributed by atoms with Gasteiger partial charge in [0.05, 0.1) is 16.1 Å². The number of nitrogens with two attached hydrogens (primary N) is 1. The fourth-order valence-corrected chi connectivity index (χ4v) is 3.97. The molecular formula is C14H20ClN3OS2. The summed E-state index contributed by atoms with van der Waals surface area (Å²) in [7, 11) is 0. The lowest BCUT2D eigenvalue weighted by atomic mass is 10.1. The van der Waals surface area contributed by atoms with E-state index < -0.39 is 0 Å². The minimum atomic E-state index is 0.0250. The van der Waals surface area contributed by atoms with Crippen LogP contribution in [0.3, 0.4) is 0 Å². The average molecular weight is 346 g/mol. The number of hydrogen-bond donors (Lipinski definition) is 1. The number of thiophene rings is 1. The summed E-state index contributed by atoms with van der Waals surface area (Å²) in [6.07, 6.45) is 2.02. The highest BCUT2D eigenvalue weighted by Crippen LogP contribution is 2.24. The van der Waals surface area contributed by atoms with E-state index in [2.05, 4.69) is 11.8 Å². The Morgan fingerprint density at radius 1 is 1.48 bits per heavy atom. The largest absolute Gasteiger partial charge is 0.392 e. The molecule has 4 nitrogen and oxygen atoms in total. The zero-order chi connectivity index (χ0) is 15.4. The molecule has 1 aromatic rings. The Morgan fingerprint density at radius 2 is 2.14 bits per heavy atom. The Hall–Kier alpha value is -0.690. The van der Waals surface area contributed by atoms with Crippen molar-refractivity contribution in [1.29, 1.82) is 0 Å². The van der Waals surface area contributed by atoms with Gasteiger partial charge in [-0.05, 0) is 17.9 Å². The molecule has 7 heteroatoms. The molecular weight excluding hydrogens is 326 g/mol. The van der Waals surface area contributed by atoms with Crippen molar-refractivity contribution in [1.82, 2.24) is 9.80 Å². The SMILES string of the molecule is CCCC(C(N)=S)N1CCN(C(=O)c2sccc2Cl)CC1. The van der Waals surface area contributed by atoms with Gasteiger partial charge >= 0.3 is 0 Å². The number of carbonyl (C=O) groups is 1. The van der Waals surface area contributed by atoms with Gasteiger partial charge in [-0.3, -0.25) is 9.69 Å². The average Bonchev–Trinajstić information content (AvgIpc) is 2.90. The third-order valence-corrected chi connectivity index (χ3v) is 5.35. The first-order valence-corrected chi connectivity index (χ1v) is 8.76. The molecule has 0 aliphatic carbocycles. The van der Waals surface area contributed by atoms with Crippen LogP contribution in [0, 0.1) is 0 Å². The van der Waals surface area contributed by atoms with Gasteiger partial charge in [-0.2, -0.15) is 0 Å². The topological polar surface area (TPSA) is 49.6 Å². The lowest BCUT2D eigenvalue weighted by Crippen LogP contribution is -2.54. The number of nitrogens with zero attached hydrogens (tertiary/aromatic N) is 2. The maximum atomic E-state index is 12.4. The fourth-order valence-electron chi connectivity index (χ4n) is 2.60. The normalized spacial score (nSPS) is 17.7. The first-order valence-electron chi connectivity index (χ1n) is 7.10. The zero-order valence-corrected chi connectivity index (χ0v) is 14.4. The van der Waals surface area contributed by atoms with Gasteiger partial charge in [0.2, 0.25) is 0 Å². The van der Waals surface area contributed by atoms with E-state index in [1.807, 2.05) is 10.3 Å². The monoisotopic (exact) mass is 345 g/mol. The summed E-state index contributed by atoms with van der Waals surface area (Å²) in [5.74, 6) is 0.0250. The smallest absolute Gasteiger partial charge is 0.265 e. The standard InChI is InChI=1S/C14H20ClN3OS2/c1-2-3-11(13(16)20)17-5-7-18(8-6-17)14(19)12-10(15)4-9-21-12/h4,9,11H,2-3,5-8H2,1H3,(H2,16,20). The van der Waals surface area contributed by atoms with E-state index in [1.54, 1.807) is 6.07 Å². The van der Waals surface area contributed by atoms with E-state index in [-0.39, 0.29) is 11.9 Å². The van der Waals surface area contributed by atoms with Crippen LogP contribution in [0.5, 0.6) is 0 Å². The van der Waals surface area contributed by atoms with E-state index in [4.69, 9.17) is 29.6 Å². The number of rotatable bonds is 5. The molecule has 0 spiro atoms. The van der Waals surface area contributed by atoms with Crippen molar-refractivity contribution in [3.63, 3.8) is 0 Å². The summed E-state index contributed by atoms with van der Waals surface area (Å²) >= 11 is 12.6. The Labute approximate surface area is 139 Å². The number of thiocarbonyl (C=S) groups is 1. The predicted molar refractivity (Wildman–Crippen MR) is 92.3 cm³/mol. The Bertz CT molecular complexity index is 512. The lowest BCUT2D eigenvalue weighted by Gasteiger charge is -2.38. The molecule has 0 bridgehead atoms. The van der Waals surface area contributed by atoms with Gasteiger partial charge in [-0.25, -0.2) is 0 Å². The highest BCUT2D eigenvalue weighted by molar-refractivity contribution is 7.80. The first kappa shape index (κ1) is 16.7. The van der Waals surface area contributed by atoms with Gasteiger partial charge in [0, 0.05) is 26.2 Å². The van der Waals surface area contributed by atoms with Gasteiger partial charge in [0.15, 0.2) is 0 Å². The van der Waals surface area contributed by atoms with Crippen molar-refractivity contribution in [2.24, 2.45) is 5.73 Å². The molecule has 2 rings (SSSR count). The fraction of sp³-hybridized carbons (Fsp3) is 0.571. The molecule has 21 heavy (non-hydrogen) atoms. The quantitative estimate of drug-likeness (QED) is 0.833. The minimum absolute atomic E-state index is 0.0250. The number of hydrogen-bond acceptors (Lipinski definition) is 4. The van der Waals surface area contributed by atoms with Crippen LogP contribution in [0.1, 0.15) is 29.4 Å². The van der Waals surface area contributed by atoms with Crippen molar-refractivity contribution in [2.75, 3.05) is 26.2 Å². The second kappa shape index (κ2) is 7.54. The third-order valence-electron chi connectivity index (χ3n) is 3.74. The lowest BCUT2D eigenvalue weighted by molar-refractivity contribution is 0.0613. The van der Waals surface area contributed by atoms with E-state index in [0.29, 0.717) is 28.0 Å². The van der Waals surface area contributed by atoms with Crippen molar-refractivity contribution >= 4 is 46.1 Å². The number of halogens is 1. The summed E-state index contributed by atoms with van der Waals surface area (Å²) < 4.78 is 0. The number of piperazine rings is 1. The summed E-state index contributed by atoms with van der Waals surface area (Å²) in [6, 6.07) is 1.91. The van der Waals surface area contributed by atoms with Crippen LogP contribution in [-0.4, -0.2) is 52.9 Å². The molecule has 2 heterocycles.